The third-order valence-corrected chi connectivity index (χ3v) is 10.7. The normalized spacial score (nSPS) is 26.1. The molecule has 42 heavy (non-hydrogen) atoms. The molecule has 1 aliphatic carbocycles. The summed E-state index contributed by atoms with van der Waals surface area (Å²) in [7, 11) is 0.848. The summed E-state index contributed by atoms with van der Waals surface area (Å²) in [6.45, 7) is 0.968. The van der Waals surface area contributed by atoms with Crippen molar-refractivity contribution < 1.29 is 27.4 Å². The molecule has 228 valence electrons. The highest BCUT2D eigenvalue weighted by Gasteiger charge is 2.46. The molecule has 1 amide bonds. The second-order valence-corrected chi connectivity index (χ2v) is 13.7. The average Bonchev–Trinajstić information content (AvgIpc) is 3.42. The van der Waals surface area contributed by atoms with Crippen LogP contribution in [0.25, 0.3) is 0 Å². The lowest BCUT2D eigenvalue weighted by Gasteiger charge is -2.37. The first kappa shape index (κ1) is 30.5. The molecule has 2 aromatic carbocycles. The van der Waals surface area contributed by atoms with Gasteiger partial charge in [0.05, 0.1) is 31.9 Å². The van der Waals surface area contributed by atoms with E-state index in [9.17, 15) is 13.2 Å². The van der Waals surface area contributed by atoms with Gasteiger partial charge < -0.3 is 19.1 Å². The molecular weight excluding hydrogens is 554 g/mol. The number of amides is 1. The van der Waals surface area contributed by atoms with E-state index in [0.29, 0.717) is 24.6 Å². The second kappa shape index (κ2) is 13.6. The number of methoxy groups -OCH3 is 1. The zero-order chi connectivity index (χ0) is 29.7. The number of fused-ring (bicyclic) bond motifs is 7. The molecule has 3 aliphatic heterocycles. The first-order valence-corrected chi connectivity index (χ1v) is 16.3. The lowest BCUT2D eigenvalue weighted by molar-refractivity contribution is -0.0120. The summed E-state index contributed by atoms with van der Waals surface area (Å²) in [5.41, 5.74) is 3.46. The van der Waals surface area contributed by atoms with Crippen molar-refractivity contribution in [3.8, 4) is 5.75 Å². The van der Waals surface area contributed by atoms with Gasteiger partial charge in [-0.3, -0.25) is 0 Å². The van der Waals surface area contributed by atoms with Crippen molar-refractivity contribution in [1.29, 1.82) is 0 Å². The summed E-state index contributed by atoms with van der Waals surface area (Å²) >= 11 is 0. The molecule has 9 nitrogen and oxygen atoms in total. The lowest BCUT2D eigenvalue weighted by Crippen LogP contribution is -2.53. The van der Waals surface area contributed by atoms with Crippen molar-refractivity contribution in [2.24, 2.45) is 0 Å². The van der Waals surface area contributed by atoms with Gasteiger partial charge >= 0.3 is 6.09 Å². The Morgan fingerprint density at radius 3 is 2.48 bits per heavy atom. The number of hydrogen-bond acceptors (Lipinski definition) is 6. The van der Waals surface area contributed by atoms with Crippen molar-refractivity contribution in [2.75, 3.05) is 41.0 Å². The van der Waals surface area contributed by atoms with Crippen molar-refractivity contribution in [3.05, 3.63) is 77.4 Å². The van der Waals surface area contributed by atoms with Crippen LogP contribution in [0.2, 0.25) is 0 Å². The van der Waals surface area contributed by atoms with Crippen LogP contribution >= 0.6 is 0 Å². The standard InChI is InChI=1S/C32H43N3O6S/c1-33(2)42(37,38)35(22-25-10-14-28(39-3)15-11-25)30-18-19-34-31(30)23-41-29-16-12-26(13-17-29)27-9-6-8-24(21-27)7-4-5-20-40-32(34)36/h4-6,8-11,14-15,21,26,29-31H,7,12-13,16-20,22-23H2,1-3H3/b5-4-/t26?,29?,30?,31-/m0/s1. The fourth-order valence-corrected chi connectivity index (χ4v) is 7.67. The molecule has 0 radical (unpaired) electrons. The minimum atomic E-state index is -3.83. The molecule has 1 saturated carbocycles. The van der Waals surface area contributed by atoms with Gasteiger partial charge in [-0.2, -0.15) is 17.0 Å². The molecule has 1 saturated heterocycles. The van der Waals surface area contributed by atoms with Crippen molar-refractivity contribution in [1.82, 2.24) is 13.5 Å². The van der Waals surface area contributed by atoms with Crippen molar-refractivity contribution >= 4 is 16.3 Å². The lowest BCUT2D eigenvalue weighted by atomic mass is 9.82. The molecule has 2 fully saturated rings. The highest BCUT2D eigenvalue weighted by Crippen LogP contribution is 2.36. The van der Waals surface area contributed by atoms with E-state index >= 15 is 0 Å². The molecule has 3 heterocycles. The first-order chi connectivity index (χ1) is 20.3. The highest BCUT2D eigenvalue weighted by atomic mass is 32.2. The van der Waals surface area contributed by atoms with E-state index in [1.807, 2.05) is 36.4 Å². The van der Waals surface area contributed by atoms with Crippen molar-refractivity contribution in [2.45, 2.75) is 69.2 Å². The summed E-state index contributed by atoms with van der Waals surface area (Å²) in [4.78, 5) is 15.0. The predicted molar refractivity (Wildman–Crippen MR) is 162 cm³/mol. The molecule has 2 atom stereocenters. The number of carbonyl (C=O) groups is 1. The molecule has 4 aliphatic rings. The van der Waals surface area contributed by atoms with Gasteiger partial charge in [0.1, 0.15) is 12.4 Å². The van der Waals surface area contributed by atoms with Crippen LogP contribution in [-0.2, 0) is 32.6 Å². The van der Waals surface area contributed by atoms with Crippen LogP contribution in [0.4, 0.5) is 4.79 Å². The molecular formula is C32H43N3O6S. The van der Waals surface area contributed by atoms with E-state index in [-0.39, 0.29) is 25.9 Å². The van der Waals surface area contributed by atoms with Crippen LogP contribution in [-0.4, -0.2) is 87.2 Å². The van der Waals surface area contributed by atoms with Gasteiger partial charge in [-0.15, -0.1) is 0 Å². The number of carbonyl (C=O) groups excluding carboxylic acids is 1. The van der Waals surface area contributed by atoms with Crippen molar-refractivity contribution in [3.63, 3.8) is 0 Å². The third-order valence-electron chi connectivity index (χ3n) is 8.79. The molecule has 2 aromatic rings. The number of rotatable bonds is 6. The third kappa shape index (κ3) is 6.99. The van der Waals surface area contributed by atoms with E-state index < -0.39 is 28.4 Å². The molecule has 0 aromatic heterocycles. The summed E-state index contributed by atoms with van der Waals surface area (Å²) in [5, 5.41) is 0. The number of benzene rings is 2. The minimum Gasteiger partial charge on any atom is -0.497 e. The summed E-state index contributed by atoms with van der Waals surface area (Å²) < 4.78 is 47.6. The van der Waals surface area contributed by atoms with E-state index in [1.54, 1.807) is 12.0 Å². The zero-order valence-corrected chi connectivity index (χ0v) is 25.7. The zero-order valence-electron chi connectivity index (χ0n) is 24.9. The fourth-order valence-electron chi connectivity index (χ4n) is 6.35. The minimum absolute atomic E-state index is 0.0707. The summed E-state index contributed by atoms with van der Waals surface area (Å²) in [6, 6.07) is 15.2. The Morgan fingerprint density at radius 1 is 1.00 bits per heavy atom. The molecule has 1 unspecified atom stereocenters. The van der Waals surface area contributed by atoms with E-state index in [0.717, 1.165) is 37.7 Å². The van der Waals surface area contributed by atoms with Gasteiger partial charge in [0.25, 0.3) is 10.2 Å². The Kier molecular flexibility index (Phi) is 9.88. The second-order valence-electron chi connectivity index (χ2n) is 11.6. The van der Waals surface area contributed by atoms with Gasteiger partial charge in [-0.25, -0.2) is 4.79 Å². The van der Waals surface area contributed by atoms with Crippen LogP contribution in [0.15, 0.2) is 60.7 Å². The molecule has 4 bridgehead atoms. The SMILES string of the molecule is COc1ccc(CN(C2CCN3C(=O)OC/C=C\Cc4cccc(c4)C4CCC(CC4)OC[C@@H]23)S(=O)(=O)N(C)C)cc1. The number of ether oxygens (including phenoxy) is 3. The average molecular weight is 598 g/mol. The number of nitrogens with zero attached hydrogens (tertiary/aromatic N) is 3. The van der Waals surface area contributed by atoms with Gasteiger partial charge in [0.2, 0.25) is 0 Å². The smallest absolute Gasteiger partial charge is 0.410 e. The van der Waals surface area contributed by atoms with Gasteiger partial charge in [-0.05, 0) is 73.3 Å². The summed E-state index contributed by atoms with van der Waals surface area (Å²) in [5.74, 6) is 1.21. The highest BCUT2D eigenvalue weighted by molar-refractivity contribution is 7.86. The Balaban J connectivity index is 1.41. The quantitative estimate of drug-likeness (QED) is 0.447. The first-order valence-electron chi connectivity index (χ1n) is 14.9. The Bertz CT molecular complexity index is 1340. The van der Waals surface area contributed by atoms with Gasteiger partial charge in [0, 0.05) is 27.2 Å². The largest absolute Gasteiger partial charge is 0.497 e. The maximum absolute atomic E-state index is 13.7. The van der Waals surface area contributed by atoms with Crippen LogP contribution in [0, 0.1) is 0 Å². The monoisotopic (exact) mass is 597 g/mol. The van der Waals surface area contributed by atoms with Gasteiger partial charge in [0.15, 0.2) is 0 Å². The Hall–Kier alpha value is -2.92. The van der Waals surface area contributed by atoms with Gasteiger partial charge in [-0.1, -0.05) is 48.6 Å². The molecule has 0 spiro atoms. The molecule has 6 rings (SSSR count). The van der Waals surface area contributed by atoms with Crippen LogP contribution in [0.1, 0.15) is 54.7 Å². The number of allylic oxidation sites excluding steroid dienone is 1. The predicted octanol–water partition coefficient (Wildman–Crippen LogP) is 4.74. The maximum atomic E-state index is 13.7. The number of hydrogen-bond donors (Lipinski definition) is 0. The fraction of sp³-hybridized carbons (Fsp3) is 0.531. The molecule has 0 N–H and O–H groups in total. The van der Waals surface area contributed by atoms with Crippen LogP contribution < -0.4 is 4.74 Å². The Labute approximate surface area is 250 Å². The van der Waals surface area contributed by atoms with Crippen LogP contribution in [0.3, 0.4) is 0 Å². The van der Waals surface area contributed by atoms with Crippen LogP contribution in [0.5, 0.6) is 5.75 Å². The Morgan fingerprint density at radius 2 is 1.76 bits per heavy atom. The van der Waals surface area contributed by atoms with E-state index in [4.69, 9.17) is 14.2 Å². The summed E-state index contributed by atoms with van der Waals surface area (Å²) in [6.07, 6.45) is 8.76. The van der Waals surface area contributed by atoms with E-state index in [2.05, 4.69) is 24.3 Å². The maximum Gasteiger partial charge on any atom is 0.410 e. The van der Waals surface area contributed by atoms with E-state index in [1.165, 1.54) is 33.8 Å². The topological polar surface area (TPSA) is 88.6 Å². The molecule has 10 heteroatoms.